The number of benzene rings is 1. The lowest BCUT2D eigenvalue weighted by Gasteiger charge is -2.13. The minimum absolute atomic E-state index is 0.0848. The van der Waals surface area contributed by atoms with Crippen molar-refractivity contribution in [3.05, 3.63) is 48.2 Å². The zero-order valence-electron chi connectivity index (χ0n) is 13.6. The van der Waals surface area contributed by atoms with Gasteiger partial charge in [0.1, 0.15) is 17.7 Å². The summed E-state index contributed by atoms with van der Waals surface area (Å²) in [6.07, 6.45) is 5.96. The predicted octanol–water partition coefficient (Wildman–Crippen LogP) is 3.32. The molecule has 1 unspecified atom stereocenters. The van der Waals surface area contributed by atoms with Gasteiger partial charge in [-0.15, -0.1) is 0 Å². The van der Waals surface area contributed by atoms with Crippen LogP contribution < -0.4 is 0 Å². The van der Waals surface area contributed by atoms with E-state index in [9.17, 15) is 4.39 Å². The van der Waals surface area contributed by atoms with Crippen LogP contribution in [0, 0.1) is 11.2 Å². The molecule has 0 bridgehead atoms. The summed E-state index contributed by atoms with van der Waals surface area (Å²) in [7, 11) is 0. The number of likely N-dealkylation sites (tertiary alicyclic amines) is 1. The Bertz CT molecular complexity index is 740. The van der Waals surface area contributed by atoms with Crippen LogP contribution in [0.5, 0.6) is 0 Å². The molecule has 126 valence electrons. The molecule has 2 heterocycles. The average Bonchev–Trinajstić information content (AvgIpc) is 3.22. The highest BCUT2D eigenvalue weighted by Crippen LogP contribution is 2.18. The molecule has 1 aromatic carbocycles. The third-order valence-electron chi connectivity index (χ3n) is 4.09. The molecule has 0 spiro atoms. The fraction of sp³-hybridized carbons (Fsp3) is 0.333. The van der Waals surface area contributed by atoms with Gasteiger partial charge in [-0.3, -0.25) is 10.3 Å². The maximum absolute atomic E-state index is 13.3. The number of hydrogen-bond donors (Lipinski definition) is 2. The van der Waals surface area contributed by atoms with E-state index in [4.69, 9.17) is 10.1 Å². The summed E-state index contributed by atoms with van der Waals surface area (Å²) >= 11 is 0. The highest BCUT2D eigenvalue weighted by molar-refractivity contribution is 5.89. The van der Waals surface area contributed by atoms with Gasteiger partial charge >= 0.3 is 0 Å². The van der Waals surface area contributed by atoms with Gasteiger partial charge in [0.05, 0.1) is 11.9 Å². The van der Waals surface area contributed by atoms with Crippen LogP contribution in [0.4, 0.5) is 4.39 Å². The summed E-state index contributed by atoms with van der Waals surface area (Å²) in [4.78, 5) is 9.63. The molecule has 1 aliphatic heterocycles. The molecule has 2 aromatic rings. The van der Waals surface area contributed by atoms with Crippen LogP contribution in [0.15, 0.2) is 36.5 Å². The lowest BCUT2D eigenvalue weighted by molar-refractivity contribution is 0.190. The summed E-state index contributed by atoms with van der Waals surface area (Å²) in [5.41, 5.74) is 1.47. The quantitative estimate of drug-likeness (QED) is 0.654. The Morgan fingerprint density at radius 2 is 2.42 bits per heavy atom. The van der Waals surface area contributed by atoms with Crippen molar-refractivity contribution >= 4 is 12.0 Å². The summed E-state index contributed by atoms with van der Waals surface area (Å²) in [5, 5.41) is 7.91. The van der Waals surface area contributed by atoms with Crippen LogP contribution >= 0.6 is 0 Å². The second-order valence-electron chi connectivity index (χ2n) is 5.81. The standard InChI is InChI=1S/C18H21FN4O/c1-2-23-9-8-15(12-23)24-17(20)6-7-18-21-11-16(22-18)13-4-3-5-14(19)10-13/h3-7,10-11,15,20H,2,8-9,12H2,1H3,(H,21,22)/b7-6-,20-17?. The number of rotatable bonds is 5. The van der Waals surface area contributed by atoms with Crippen LogP contribution in [0.25, 0.3) is 17.3 Å². The van der Waals surface area contributed by atoms with E-state index in [1.807, 2.05) is 6.07 Å². The monoisotopic (exact) mass is 328 g/mol. The highest BCUT2D eigenvalue weighted by Gasteiger charge is 2.22. The van der Waals surface area contributed by atoms with Crippen molar-refractivity contribution < 1.29 is 9.13 Å². The fourth-order valence-electron chi connectivity index (χ4n) is 2.78. The van der Waals surface area contributed by atoms with Crippen LogP contribution in [0.2, 0.25) is 0 Å². The topological polar surface area (TPSA) is 65.0 Å². The first-order valence-corrected chi connectivity index (χ1v) is 8.10. The molecule has 1 saturated heterocycles. The molecule has 1 aliphatic rings. The van der Waals surface area contributed by atoms with Gasteiger partial charge in [0, 0.05) is 24.7 Å². The molecule has 3 rings (SSSR count). The first-order chi connectivity index (χ1) is 11.6. The van der Waals surface area contributed by atoms with E-state index >= 15 is 0 Å². The Balaban J connectivity index is 1.58. The maximum atomic E-state index is 13.3. The lowest BCUT2D eigenvalue weighted by atomic mass is 10.2. The molecular weight excluding hydrogens is 307 g/mol. The summed E-state index contributed by atoms with van der Waals surface area (Å²) in [6, 6.07) is 6.33. The fourth-order valence-corrected chi connectivity index (χ4v) is 2.78. The molecule has 0 saturated carbocycles. The highest BCUT2D eigenvalue weighted by atomic mass is 19.1. The second kappa shape index (κ2) is 7.40. The third-order valence-corrected chi connectivity index (χ3v) is 4.09. The minimum atomic E-state index is -0.285. The van der Waals surface area contributed by atoms with Gasteiger partial charge in [0.25, 0.3) is 0 Å². The van der Waals surface area contributed by atoms with Crippen molar-refractivity contribution in [2.75, 3.05) is 19.6 Å². The zero-order valence-corrected chi connectivity index (χ0v) is 13.6. The lowest BCUT2D eigenvalue weighted by Crippen LogP contribution is -2.24. The SMILES string of the molecule is CCN1CCC(OC(=N)/C=C\c2ncc(-c3cccc(F)c3)[nH]2)C1. The van der Waals surface area contributed by atoms with Crippen LogP contribution in [0.1, 0.15) is 19.2 Å². The molecule has 2 N–H and O–H groups in total. The molecule has 6 heteroatoms. The number of nitrogens with zero attached hydrogens (tertiary/aromatic N) is 2. The molecule has 5 nitrogen and oxygen atoms in total. The molecule has 0 aliphatic carbocycles. The minimum Gasteiger partial charge on any atom is -0.473 e. The van der Waals surface area contributed by atoms with Crippen LogP contribution in [-0.2, 0) is 4.74 Å². The van der Waals surface area contributed by atoms with E-state index in [1.54, 1.807) is 24.4 Å². The van der Waals surface area contributed by atoms with Crippen molar-refractivity contribution in [1.29, 1.82) is 5.41 Å². The van der Waals surface area contributed by atoms with E-state index in [2.05, 4.69) is 21.8 Å². The Morgan fingerprint density at radius 1 is 1.54 bits per heavy atom. The van der Waals surface area contributed by atoms with E-state index < -0.39 is 0 Å². The smallest absolute Gasteiger partial charge is 0.206 e. The number of likely N-dealkylation sites (N-methyl/N-ethyl adjacent to an activating group) is 1. The van der Waals surface area contributed by atoms with Gasteiger partial charge in [0.2, 0.25) is 5.90 Å². The van der Waals surface area contributed by atoms with Crippen molar-refractivity contribution in [2.45, 2.75) is 19.4 Å². The Labute approximate surface area is 140 Å². The number of aromatic nitrogens is 2. The van der Waals surface area contributed by atoms with E-state index in [1.165, 1.54) is 12.1 Å². The zero-order chi connectivity index (χ0) is 16.9. The van der Waals surface area contributed by atoms with Gasteiger partial charge in [-0.1, -0.05) is 19.1 Å². The largest absolute Gasteiger partial charge is 0.473 e. The predicted molar refractivity (Wildman–Crippen MR) is 92.3 cm³/mol. The number of halogens is 1. The van der Waals surface area contributed by atoms with Gasteiger partial charge in [-0.25, -0.2) is 9.37 Å². The molecule has 24 heavy (non-hydrogen) atoms. The Hall–Kier alpha value is -2.47. The van der Waals surface area contributed by atoms with Crippen molar-refractivity contribution in [3.63, 3.8) is 0 Å². The van der Waals surface area contributed by atoms with Gasteiger partial charge in [-0.2, -0.15) is 0 Å². The number of nitrogens with one attached hydrogen (secondary N) is 2. The summed E-state index contributed by atoms with van der Waals surface area (Å²) in [6.45, 7) is 5.03. The van der Waals surface area contributed by atoms with Crippen LogP contribution in [-0.4, -0.2) is 46.5 Å². The first kappa shape index (κ1) is 16.4. The Kier molecular flexibility index (Phi) is 5.05. The number of aromatic amines is 1. The van der Waals surface area contributed by atoms with Crippen molar-refractivity contribution in [3.8, 4) is 11.3 Å². The summed E-state index contributed by atoms with van der Waals surface area (Å²) in [5.74, 6) is 0.443. The second-order valence-corrected chi connectivity index (χ2v) is 5.81. The van der Waals surface area contributed by atoms with E-state index in [0.717, 1.165) is 37.3 Å². The van der Waals surface area contributed by atoms with Crippen molar-refractivity contribution in [2.24, 2.45) is 0 Å². The normalized spacial score (nSPS) is 18.3. The number of hydrogen-bond acceptors (Lipinski definition) is 4. The van der Waals surface area contributed by atoms with E-state index in [-0.39, 0.29) is 17.8 Å². The first-order valence-electron chi connectivity index (χ1n) is 8.10. The maximum Gasteiger partial charge on any atom is 0.206 e. The van der Waals surface area contributed by atoms with Gasteiger partial charge < -0.3 is 9.72 Å². The molecule has 1 atom stereocenters. The van der Waals surface area contributed by atoms with Gasteiger partial charge in [0.15, 0.2) is 0 Å². The van der Waals surface area contributed by atoms with E-state index in [0.29, 0.717) is 5.82 Å². The summed E-state index contributed by atoms with van der Waals surface area (Å²) < 4.78 is 18.9. The third kappa shape index (κ3) is 4.08. The molecule has 1 fully saturated rings. The average molecular weight is 328 g/mol. The van der Waals surface area contributed by atoms with Crippen LogP contribution in [0.3, 0.4) is 0 Å². The van der Waals surface area contributed by atoms with Crippen molar-refractivity contribution in [1.82, 2.24) is 14.9 Å². The molecule has 0 radical (unpaired) electrons. The molecule has 0 amide bonds. The van der Waals surface area contributed by atoms with Gasteiger partial charge in [-0.05, 0) is 31.2 Å². The Morgan fingerprint density at radius 3 is 3.17 bits per heavy atom. The number of H-pyrrole nitrogens is 1. The molecular formula is C18H21FN4O. The number of ether oxygens (including phenoxy) is 1. The number of imidazole rings is 1. The molecule has 1 aromatic heterocycles.